The molecule has 1 heterocycles. The number of likely N-dealkylation sites (tertiary alicyclic amines) is 1. The number of carbonyl (C=O) groups excluding carboxylic acids is 2. The first-order chi connectivity index (χ1) is 16.5. The second-order valence-corrected chi connectivity index (χ2v) is 11.3. The molecule has 7 heteroatoms. The number of halogens is 2. The molecule has 190 valence electrons. The minimum atomic E-state index is -0.368. The van der Waals surface area contributed by atoms with Crippen molar-refractivity contribution >= 4 is 35.0 Å². The minimum absolute atomic E-state index is 0.00611. The second kappa shape index (κ2) is 11.8. The third kappa shape index (κ3) is 7.45. The van der Waals surface area contributed by atoms with E-state index in [0.29, 0.717) is 16.5 Å². The van der Waals surface area contributed by atoms with E-state index in [4.69, 9.17) is 23.2 Å². The zero-order valence-electron chi connectivity index (χ0n) is 21.2. The van der Waals surface area contributed by atoms with Crippen LogP contribution in [-0.2, 0) is 15.1 Å². The van der Waals surface area contributed by atoms with Gasteiger partial charge in [-0.3, -0.25) is 9.59 Å². The molecule has 2 amide bonds. The summed E-state index contributed by atoms with van der Waals surface area (Å²) in [5.41, 5.74) is 1.27. The molecule has 1 saturated heterocycles. The van der Waals surface area contributed by atoms with Crippen LogP contribution in [0.25, 0.3) is 0 Å². The van der Waals surface area contributed by atoms with E-state index >= 15 is 0 Å². The van der Waals surface area contributed by atoms with Crippen molar-refractivity contribution in [2.24, 2.45) is 0 Å². The molecule has 1 aliphatic heterocycles. The van der Waals surface area contributed by atoms with Crippen LogP contribution in [0.3, 0.4) is 0 Å². The molecule has 1 fully saturated rings. The highest BCUT2D eigenvalue weighted by Gasteiger charge is 2.37. The fraction of sp³-hybridized carbons (Fsp3) is 0.500. The summed E-state index contributed by atoms with van der Waals surface area (Å²) in [6.07, 6.45) is 3.23. The second-order valence-electron chi connectivity index (χ2n) is 10.5. The van der Waals surface area contributed by atoms with Gasteiger partial charge in [0.25, 0.3) is 0 Å². The van der Waals surface area contributed by atoms with Gasteiger partial charge in [0.05, 0.1) is 21.5 Å². The highest BCUT2D eigenvalue weighted by molar-refractivity contribution is 6.42. The van der Waals surface area contributed by atoms with E-state index in [-0.39, 0.29) is 28.8 Å². The number of amides is 2. The highest BCUT2D eigenvalue weighted by Crippen LogP contribution is 2.35. The Labute approximate surface area is 219 Å². The van der Waals surface area contributed by atoms with Gasteiger partial charge in [0.15, 0.2) is 0 Å². The molecule has 1 aliphatic rings. The molecule has 0 saturated carbocycles. The monoisotopic (exact) mass is 517 g/mol. The lowest BCUT2D eigenvalue weighted by atomic mass is 9.80. The Bertz CT molecular complexity index is 1010. The van der Waals surface area contributed by atoms with Crippen LogP contribution < -0.4 is 10.6 Å². The average molecular weight is 519 g/mol. The Hall–Kier alpha value is -2.08. The lowest BCUT2D eigenvalue weighted by Gasteiger charge is -2.43. The highest BCUT2D eigenvalue weighted by atomic mass is 35.5. The van der Waals surface area contributed by atoms with Crippen molar-refractivity contribution < 1.29 is 9.59 Å². The van der Waals surface area contributed by atoms with Crippen LogP contribution in [0.5, 0.6) is 0 Å². The lowest BCUT2D eigenvalue weighted by Crippen LogP contribution is -2.52. The fourth-order valence-corrected chi connectivity index (χ4v) is 5.37. The quantitative estimate of drug-likeness (QED) is 0.458. The number of benzene rings is 2. The van der Waals surface area contributed by atoms with E-state index < -0.39 is 0 Å². The number of nitrogens with one attached hydrogen (secondary N) is 2. The van der Waals surface area contributed by atoms with Crippen molar-refractivity contribution in [3.05, 3.63) is 69.7 Å². The number of rotatable bonds is 8. The molecule has 1 atom stereocenters. The third-order valence-corrected chi connectivity index (χ3v) is 7.42. The topological polar surface area (TPSA) is 61.4 Å². The summed E-state index contributed by atoms with van der Waals surface area (Å²) in [5.74, 6) is -0.407. The summed E-state index contributed by atoms with van der Waals surface area (Å²) >= 11 is 12.8. The largest absolute Gasteiger partial charge is 0.351 e. The molecule has 3 rings (SSSR count). The van der Waals surface area contributed by atoms with Crippen molar-refractivity contribution in [3.63, 3.8) is 0 Å². The first-order valence-corrected chi connectivity index (χ1v) is 13.1. The van der Waals surface area contributed by atoms with E-state index in [0.717, 1.165) is 50.0 Å². The van der Waals surface area contributed by atoms with Crippen molar-refractivity contribution in [1.82, 2.24) is 15.5 Å². The normalized spacial score (nSPS) is 17.0. The van der Waals surface area contributed by atoms with Gasteiger partial charge in [0, 0.05) is 25.6 Å². The third-order valence-electron chi connectivity index (χ3n) is 6.59. The van der Waals surface area contributed by atoms with E-state index in [1.54, 1.807) is 13.0 Å². The summed E-state index contributed by atoms with van der Waals surface area (Å²) in [4.78, 5) is 27.6. The summed E-state index contributed by atoms with van der Waals surface area (Å²) in [5, 5.41) is 7.25. The maximum Gasteiger partial charge on any atom is 0.227 e. The number of hydrogen-bond acceptors (Lipinski definition) is 3. The standard InChI is InChI=1S/C28H37Cl2N3O2/c1-20(34)31-28(21-10-6-5-7-11-21)15-18-33(19-16-28)17-9-13-23(26(35)32-27(2,3)4)22-12-8-14-24(29)25(22)30/h5-8,10-12,14,23H,9,13,15-19H2,1-4H3,(H,31,34)(H,32,35). The molecule has 0 aromatic heterocycles. The van der Waals surface area contributed by atoms with Gasteiger partial charge in [-0.25, -0.2) is 0 Å². The van der Waals surface area contributed by atoms with E-state index in [1.165, 1.54) is 0 Å². The Morgan fingerprint density at radius 2 is 1.69 bits per heavy atom. The van der Waals surface area contributed by atoms with Crippen LogP contribution in [-0.4, -0.2) is 41.9 Å². The predicted octanol–water partition coefficient (Wildman–Crippen LogP) is 5.90. The summed E-state index contributed by atoms with van der Waals surface area (Å²) in [6, 6.07) is 15.7. The first kappa shape index (κ1) is 27.5. The molecular weight excluding hydrogens is 481 g/mol. The lowest BCUT2D eigenvalue weighted by molar-refractivity contribution is -0.124. The van der Waals surface area contributed by atoms with Crippen LogP contribution >= 0.6 is 23.2 Å². The maximum absolute atomic E-state index is 13.2. The zero-order chi connectivity index (χ0) is 25.6. The van der Waals surface area contributed by atoms with Crippen molar-refractivity contribution in [2.45, 2.75) is 70.4 Å². The van der Waals surface area contributed by atoms with Gasteiger partial charge in [-0.15, -0.1) is 0 Å². The Morgan fingerprint density at radius 3 is 2.29 bits per heavy atom. The fourth-order valence-electron chi connectivity index (χ4n) is 4.93. The van der Waals surface area contributed by atoms with Crippen LogP contribution in [0.15, 0.2) is 48.5 Å². The summed E-state index contributed by atoms with van der Waals surface area (Å²) in [6.45, 7) is 10.1. The van der Waals surface area contributed by atoms with Crippen LogP contribution in [0.4, 0.5) is 0 Å². The van der Waals surface area contributed by atoms with E-state index in [1.807, 2.05) is 51.1 Å². The van der Waals surface area contributed by atoms with Gasteiger partial charge >= 0.3 is 0 Å². The van der Waals surface area contributed by atoms with E-state index in [9.17, 15) is 9.59 Å². The average Bonchev–Trinajstić information content (AvgIpc) is 2.79. The summed E-state index contributed by atoms with van der Waals surface area (Å²) in [7, 11) is 0. The van der Waals surface area contributed by atoms with Crippen molar-refractivity contribution in [1.29, 1.82) is 0 Å². The smallest absolute Gasteiger partial charge is 0.227 e. The number of piperidine rings is 1. The molecule has 0 bridgehead atoms. The molecule has 0 aliphatic carbocycles. The van der Waals surface area contributed by atoms with Gasteiger partial charge in [-0.05, 0) is 70.2 Å². The van der Waals surface area contributed by atoms with Gasteiger partial charge in [0.2, 0.25) is 11.8 Å². The van der Waals surface area contributed by atoms with E-state index in [2.05, 4.69) is 27.7 Å². The molecule has 2 aromatic rings. The molecule has 35 heavy (non-hydrogen) atoms. The van der Waals surface area contributed by atoms with Crippen LogP contribution in [0.1, 0.15) is 70.4 Å². The predicted molar refractivity (Wildman–Crippen MR) is 144 cm³/mol. The SMILES string of the molecule is CC(=O)NC1(c2ccccc2)CCN(CCCC(C(=O)NC(C)(C)C)c2cccc(Cl)c2Cl)CC1. The number of hydrogen-bond donors (Lipinski definition) is 2. The van der Waals surface area contributed by atoms with Crippen molar-refractivity contribution in [3.8, 4) is 0 Å². The van der Waals surface area contributed by atoms with Gasteiger partial charge in [0.1, 0.15) is 0 Å². The Morgan fingerprint density at radius 1 is 1.03 bits per heavy atom. The van der Waals surface area contributed by atoms with Gasteiger partial charge in [-0.2, -0.15) is 0 Å². The van der Waals surface area contributed by atoms with Crippen molar-refractivity contribution in [2.75, 3.05) is 19.6 Å². The first-order valence-electron chi connectivity index (χ1n) is 12.3. The molecular formula is C28H37Cl2N3O2. The molecule has 1 unspecified atom stereocenters. The van der Waals surface area contributed by atoms with Gasteiger partial charge < -0.3 is 15.5 Å². The molecule has 2 N–H and O–H groups in total. The zero-order valence-corrected chi connectivity index (χ0v) is 22.7. The molecule has 0 spiro atoms. The molecule has 2 aromatic carbocycles. The van der Waals surface area contributed by atoms with Crippen LogP contribution in [0, 0.1) is 0 Å². The maximum atomic E-state index is 13.2. The number of carbonyl (C=O) groups is 2. The van der Waals surface area contributed by atoms with Gasteiger partial charge in [-0.1, -0.05) is 65.7 Å². The van der Waals surface area contributed by atoms with Crippen LogP contribution in [0.2, 0.25) is 10.0 Å². The molecule has 5 nitrogen and oxygen atoms in total. The Kier molecular flexibility index (Phi) is 9.25. The number of nitrogens with zero attached hydrogens (tertiary/aromatic N) is 1. The molecule has 0 radical (unpaired) electrons. The minimum Gasteiger partial charge on any atom is -0.351 e. The summed E-state index contributed by atoms with van der Waals surface area (Å²) < 4.78 is 0. The Balaban J connectivity index is 1.65.